The molecule has 1 aliphatic carbocycles. The minimum absolute atomic E-state index is 0.160. The van der Waals surface area contributed by atoms with Crippen LogP contribution < -0.4 is 16.4 Å². The van der Waals surface area contributed by atoms with E-state index < -0.39 is 11.6 Å². The minimum atomic E-state index is -0.991. The molecule has 128 valence electrons. The summed E-state index contributed by atoms with van der Waals surface area (Å²) in [6, 6.07) is 3.43. The van der Waals surface area contributed by atoms with Crippen LogP contribution in [0.1, 0.15) is 53.6 Å². The lowest BCUT2D eigenvalue weighted by atomic mass is 9.86. The number of nitrogens with two attached hydrogens (primary N) is 2. The molecule has 0 aromatic heterocycles. The number of aliphatic imine (C=N–C) groups is 2. The van der Waals surface area contributed by atoms with Crippen molar-refractivity contribution in [2.24, 2.45) is 21.5 Å². The summed E-state index contributed by atoms with van der Waals surface area (Å²) >= 11 is 0. The highest BCUT2D eigenvalue weighted by atomic mass is 16.4. The van der Waals surface area contributed by atoms with Gasteiger partial charge in [-0.3, -0.25) is 4.90 Å². The Bertz CT molecular complexity index is 748. The number of carboxylic acid groups (broad SMARTS) is 1. The first-order valence-corrected chi connectivity index (χ1v) is 8.19. The summed E-state index contributed by atoms with van der Waals surface area (Å²) in [5.41, 5.74) is 14.1. The second-order valence-electron chi connectivity index (χ2n) is 6.53. The largest absolute Gasteiger partial charge is 0.478 e. The lowest BCUT2D eigenvalue weighted by Gasteiger charge is -2.46. The molecule has 7 nitrogen and oxygen atoms in total. The molecule has 1 fully saturated rings. The van der Waals surface area contributed by atoms with E-state index in [9.17, 15) is 9.90 Å². The topological polar surface area (TPSA) is 117 Å². The molecule has 0 saturated heterocycles. The van der Waals surface area contributed by atoms with Gasteiger partial charge in [-0.05, 0) is 56.7 Å². The Kier molecular flexibility index (Phi) is 3.95. The first kappa shape index (κ1) is 16.3. The number of hydrogen-bond donors (Lipinski definition) is 3. The van der Waals surface area contributed by atoms with Crippen LogP contribution in [0.5, 0.6) is 0 Å². The van der Waals surface area contributed by atoms with Gasteiger partial charge in [0.15, 0.2) is 0 Å². The molecule has 2 aliphatic rings. The van der Waals surface area contributed by atoms with E-state index in [4.69, 9.17) is 11.5 Å². The molecule has 1 heterocycles. The number of aromatic carboxylic acids is 1. The number of benzene rings is 1. The molecule has 5 N–H and O–H groups in total. The third kappa shape index (κ3) is 2.50. The number of nitrogens with zero attached hydrogens (tertiary/aromatic N) is 3. The number of guanidine groups is 2. The van der Waals surface area contributed by atoms with E-state index >= 15 is 0 Å². The van der Waals surface area contributed by atoms with Crippen LogP contribution in [0.15, 0.2) is 22.1 Å². The quantitative estimate of drug-likeness (QED) is 0.768. The van der Waals surface area contributed by atoms with E-state index in [1.807, 2.05) is 19.9 Å². The number of aryl methyl sites for hydroxylation is 1. The van der Waals surface area contributed by atoms with Crippen molar-refractivity contribution in [2.45, 2.75) is 51.6 Å². The highest BCUT2D eigenvalue weighted by Gasteiger charge is 2.44. The van der Waals surface area contributed by atoms with Crippen molar-refractivity contribution < 1.29 is 9.90 Å². The molecule has 0 radical (unpaired) electrons. The van der Waals surface area contributed by atoms with Gasteiger partial charge in [-0.2, -0.15) is 4.99 Å². The van der Waals surface area contributed by atoms with Crippen molar-refractivity contribution in [2.75, 3.05) is 4.90 Å². The van der Waals surface area contributed by atoms with Crippen molar-refractivity contribution >= 4 is 23.6 Å². The fourth-order valence-electron chi connectivity index (χ4n) is 3.71. The second kappa shape index (κ2) is 5.81. The van der Waals surface area contributed by atoms with Crippen LogP contribution in [-0.4, -0.2) is 28.7 Å². The average molecular weight is 329 g/mol. The van der Waals surface area contributed by atoms with E-state index in [2.05, 4.69) is 9.98 Å². The summed E-state index contributed by atoms with van der Waals surface area (Å²) < 4.78 is 0. The molecule has 0 atom stereocenters. The predicted octanol–water partition coefficient (Wildman–Crippen LogP) is 2.11. The summed E-state index contributed by atoms with van der Waals surface area (Å²) in [7, 11) is 0. The Labute approximate surface area is 141 Å². The monoisotopic (exact) mass is 329 g/mol. The molecule has 24 heavy (non-hydrogen) atoms. The van der Waals surface area contributed by atoms with E-state index in [-0.39, 0.29) is 17.5 Å². The molecule has 1 aromatic carbocycles. The average Bonchev–Trinajstić information content (AvgIpc) is 2.51. The predicted molar refractivity (Wildman–Crippen MR) is 94.4 cm³/mol. The van der Waals surface area contributed by atoms with Gasteiger partial charge >= 0.3 is 5.97 Å². The lowest BCUT2D eigenvalue weighted by molar-refractivity contribution is 0.0697. The summed E-state index contributed by atoms with van der Waals surface area (Å²) in [6.45, 7) is 3.86. The Hall–Kier alpha value is -2.57. The first-order valence-electron chi connectivity index (χ1n) is 8.19. The van der Waals surface area contributed by atoms with Gasteiger partial charge in [0.2, 0.25) is 11.9 Å². The summed E-state index contributed by atoms with van der Waals surface area (Å²) in [4.78, 5) is 22.3. The van der Waals surface area contributed by atoms with Crippen molar-refractivity contribution in [3.05, 3.63) is 28.8 Å². The van der Waals surface area contributed by atoms with Gasteiger partial charge in [-0.25, -0.2) is 9.79 Å². The van der Waals surface area contributed by atoms with Crippen molar-refractivity contribution in [3.63, 3.8) is 0 Å². The number of anilines is 1. The molecule has 1 saturated carbocycles. The third-order valence-electron chi connectivity index (χ3n) is 5.01. The van der Waals surface area contributed by atoms with Crippen molar-refractivity contribution in [1.29, 1.82) is 0 Å². The molecular weight excluding hydrogens is 306 g/mol. The maximum absolute atomic E-state index is 11.8. The smallest absolute Gasteiger partial charge is 0.337 e. The molecule has 0 unspecified atom stereocenters. The van der Waals surface area contributed by atoms with Gasteiger partial charge < -0.3 is 16.6 Å². The molecular formula is C17H23N5O2. The third-order valence-corrected chi connectivity index (χ3v) is 5.01. The molecule has 1 spiro atoms. The maximum atomic E-state index is 11.8. The molecule has 3 rings (SSSR count). The fraction of sp³-hybridized carbons (Fsp3) is 0.471. The van der Waals surface area contributed by atoms with E-state index in [1.54, 1.807) is 11.0 Å². The van der Waals surface area contributed by atoms with E-state index in [0.29, 0.717) is 5.69 Å². The Morgan fingerprint density at radius 1 is 1.21 bits per heavy atom. The van der Waals surface area contributed by atoms with E-state index in [1.165, 1.54) is 0 Å². The second-order valence-corrected chi connectivity index (χ2v) is 6.53. The molecule has 0 bridgehead atoms. The van der Waals surface area contributed by atoms with Crippen LogP contribution in [0.3, 0.4) is 0 Å². The van der Waals surface area contributed by atoms with Gasteiger partial charge in [0.25, 0.3) is 0 Å². The molecule has 0 amide bonds. The zero-order valence-electron chi connectivity index (χ0n) is 14.0. The maximum Gasteiger partial charge on any atom is 0.337 e. The minimum Gasteiger partial charge on any atom is -0.478 e. The molecule has 7 heteroatoms. The Morgan fingerprint density at radius 3 is 2.50 bits per heavy atom. The van der Waals surface area contributed by atoms with E-state index in [0.717, 1.165) is 43.2 Å². The Balaban J connectivity index is 2.25. The SMILES string of the molecule is Cc1ccc(C(=O)O)c(N2C(N)=NC(N)=NC23CCCCC3)c1C. The van der Waals surface area contributed by atoms with Crippen LogP contribution in [0.2, 0.25) is 0 Å². The normalized spacial score (nSPS) is 19.8. The van der Waals surface area contributed by atoms with Gasteiger partial charge in [0.1, 0.15) is 5.66 Å². The van der Waals surface area contributed by atoms with Crippen LogP contribution in [-0.2, 0) is 0 Å². The van der Waals surface area contributed by atoms with Gasteiger partial charge in [-0.1, -0.05) is 12.5 Å². The van der Waals surface area contributed by atoms with Crippen LogP contribution in [0.25, 0.3) is 0 Å². The first-order chi connectivity index (χ1) is 11.4. The van der Waals surface area contributed by atoms with Crippen LogP contribution in [0, 0.1) is 13.8 Å². The van der Waals surface area contributed by atoms with Gasteiger partial charge in [0.05, 0.1) is 11.3 Å². The highest BCUT2D eigenvalue weighted by Crippen LogP contribution is 2.42. The highest BCUT2D eigenvalue weighted by molar-refractivity contribution is 6.09. The number of carboxylic acids is 1. The standard InChI is InChI=1S/C17H23N5O2/c1-10-6-7-12(14(23)24)13(11(10)2)22-16(19)20-15(18)21-17(22)8-4-3-5-9-17/h6-7H,3-5,8-9H2,1-2H3,(H,23,24)(H4,18,19,20,21). The molecule has 1 aliphatic heterocycles. The number of carbonyl (C=O) groups is 1. The van der Waals surface area contributed by atoms with Crippen LogP contribution >= 0.6 is 0 Å². The molecule has 1 aromatic rings. The van der Waals surface area contributed by atoms with Gasteiger partial charge in [-0.15, -0.1) is 0 Å². The van der Waals surface area contributed by atoms with Gasteiger partial charge in [0, 0.05) is 0 Å². The van der Waals surface area contributed by atoms with Crippen LogP contribution in [0.4, 0.5) is 5.69 Å². The summed E-state index contributed by atoms with van der Waals surface area (Å²) in [6.07, 6.45) is 4.66. The fourth-order valence-corrected chi connectivity index (χ4v) is 3.71. The summed E-state index contributed by atoms with van der Waals surface area (Å²) in [5.74, 6) is -0.622. The lowest BCUT2D eigenvalue weighted by Crippen LogP contribution is -2.59. The Morgan fingerprint density at radius 2 is 1.88 bits per heavy atom. The zero-order chi connectivity index (χ0) is 17.5. The van der Waals surface area contributed by atoms with Crippen molar-refractivity contribution in [3.8, 4) is 0 Å². The summed E-state index contributed by atoms with van der Waals surface area (Å²) in [5, 5.41) is 9.67. The van der Waals surface area contributed by atoms with Crippen molar-refractivity contribution in [1.82, 2.24) is 0 Å². The number of rotatable bonds is 2. The number of hydrogen-bond acceptors (Lipinski definition) is 6. The zero-order valence-corrected chi connectivity index (χ0v) is 14.0.